The maximum atomic E-state index is 14.2. The largest absolute Gasteiger partial charge is 0.497 e. The van der Waals surface area contributed by atoms with E-state index in [9.17, 15) is 14.4 Å². The Balaban J connectivity index is 2.24. The van der Waals surface area contributed by atoms with Gasteiger partial charge in [-0.1, -0.05) is 26.0 Å². The maximum absolute atomic E-state index is 14.2. The minimum atomic E-state index is -1.17. The molecule has 0 aliphatic carbocycles. The molecule has 12 heteroatoms. The summed E-state index contributed by atoms with van der Waals surface area (Å²) in [5, 5.41) is 2.95. The zero-order valence-corrected chi connectivity index (χ0v) is 23.3. The highest BCUT2D eigenvalue weighted by atomic mass is 32.1. The van der Waals surface area contributed by atoms with Crippen LogP contribution in [0.15, 0.2) is 42.5 Å². The molecule has 0 saturated heterocycles. The molecular formula is C27H33N5O6S. The monoisotopic (exact) mass is 555 g/mol. The van der Waals surface area contributed by atoms with Crippen molar-refractivity contribution < 1.29 is 28.6 Å². The molecular weight excluding hydrogens is 522 g/mol. The Morgan fingerprint density at radius 3 is 2.33 bits per heavy atom. The molecule has 0 saturated carbocycles. The smallest absolute Gasteiger partial charge is 0.273 e. The van der Waals surface area contributed by atoms with E-state index in [0.29, 0.717) is 41.0 Å². The van der Waals surface area contributed by atoms with Gasteiger partial charge in [0.15, 0.2) is 17.2 Å². The van der Waals surface area contributed by atoms with Crippen molar-refractivity contribution in [2.24, 2.45) is 11.7 Å². The van der Waals surface area contributed by atoms with Crippen molar-refractivity contribution in [3.8, 4) is 17.2 Å². The summed E-state index contributed by atoms with van der Waals surface area (Å²) in [7, 11) is 4.48. The van der Waals surface area contributed by atoms with Gasteiger partial charge in [0.05, 0.1) is 27.0 Å². The number of nitrogens with zero attached hydrogens (tertiary/aromatic N) is 2. The van der Waals surface area contributed by atoms with E-state index in [4.69, 9.17) is 25.7 Å². The molecule has 0 fully saturated rings. The first kappa shape index (κ1) is 29.2. The number of nitrogens with one attached hydrogen (secondary N) is 1. The van der Waals surface area contributed by atoms with Gasteiger partial charge in [0.25, 0.3) is 11.8 Å². The maximum Gasteiger partial charge on any atom is 0.273 e. The average molecular weight is 556 g/mol. The second kappa shape index (κ2) is 13.0. The van der Waals surface area contributed by atoms with Gasteiger partial charge in [-0.2, -0.15) is 4.37 Å². The van der Waals surface area contributed by atoms with Gasteiger partial charge < -0.3 is 31.0 Å². The highest BCUT2D eigenvalue weighted by Crippen LogP contribution is 2.37. The van der Waals surface area contributed by atoms with E-state index < -0.39 is 23.8 Å². The lowest BCUT2D eigenvalue weighted by Gasteiger charge is -2.32. The van der Waals surface area contributed by atoms with Gasteiger partial charge in [0, 0.05) is 18.3 Å². The number of amides is 3. The first-order valence-corrected chi connectivity index (χ1v) is 12.9. The number of carbonyl (C=O) groups excluding carboxylic acids is 3. The van der Waals surface area contributed by atoms with Crippen LogP contribution in [0.25, 0.3) is 0 Å². The fourth-order valence-electron chi connectivity index (χ4n) is 3.90. The molecule has 0 spiro atoms. The lowest BCUT2D eigenvalue weighted by Crippen LogP contribution is -2.44. The molecule has 3 rings (SSSR count). The van der Waals surface area contributed by atoms with Crippen molar-refractivity contribution in [3.05, 3.63) is 58.6 Å². The normalized spacial score (nSPS) is 11.5. The first-order chi connectivity index (χ1) is 18.6. The SMILES string of the molecule is COc1cccc(N(C(=O)c2snc(C(N)=O)c2N)[C@@H](C(=O)NCCC(C)C)c2ccc(OC)c(OC)c2)c1. The van der Waals surface area contributed by atoms with Crippen LogP contribution in [0.2, 0.25) is 0 Å². The number of hydrogen-bond acceptors (Lipinski definition) is 9. The fraction of sp³-hybridized carbons (Fsp3) is 0.333. The van der Waals surface area contributed by atoms with E-state index in [1.165, 1.54) is 26.2 Å². The molecule has 0 unspecified atom stereocenters. The molecule has 39 heavy (non-hydrogen) atoms. The summed E-state index contributed by atoms with van der Waals surface area (Å²) in [4.78, 5) is 41.1. The number of benzene rings is 2. The summed E-state index contributed by atoms with van der Waals surface area (Å²) >= 11 is 0.731. The van der Waals surface area contributed by atoms with Gasteiger partial charge in [-0.15, -0.1) is 0 Å². The van der Waals surface area contributed by atoms with Crippen LogP contribution in [0, 0.1) is 5.92 Å². The number of hydrogen-bond donors (Lipinski definition) is 3. The molecule has 2 aromatic carbocycles. The Bertz CT molecular complexity index is 1340. The molecule has 1 atom stereocenters. The molecule has 0 aliphatic heterocycles. The van der Waals surface area contributed by atoms with Gasteiger partial charge in [-0.25, -0.2) is 0 Å². The predicted molar refractivity (Wildman–Crippen MR) is 150 cm³/mol. The van der Waals surface area contributed by atoms with Crippen molar-refractivity contribution in [1.29, 1.82) is 0 Å². The second-order valence-corrected chi connectivity index (χ2v) is 9.78. The highest BCUT2D eigenvalue weighted by Gasteiger charge is 2.36. The second-order valence-electron chi connectivity index (χ2n) is 9.01. The third-order valence-electron chi connectivity index (χ3n) is 5.96. The summed E-state index contributed by atoms with van der Waals surface area (Å²) in [6, 6.07) is 10.5. The Hall–Kier alpha value is -4.32. The van der Waals surface area contributed by atoms with Gasteiger partial charge >= 0.3 is 0 Å². The van der Waals surface area contributed by atoms with Crippen LogP contribution in [0.3, 0.4) is 0 Å². The van der Waals surface area contributed by atoms with Gasteiger partial charge in [-0.05, 0) is 53.7 Å². The van der Waals surface area contributed by atoms with Crippen LogP contribution in [-0.2, 0) is 4.79 Å². The van der Waals surface area contributed by atoms with E-state index in [1.807, 2.05) is 13.8 Å². The Kier molecular flexibility index (Phi) is 9.72. The summed E-state index contributed by atoms with van der Waals surface area (Å²) in [5.74, 6) is -0.296. The van der Waals surface area contributed by atoms with Gasteiger partial charge in [0.1, 0.15) is 16.7 Å². The van der Waals surface area contributed by atoms with Crippen LogP contribution in [0.4, 0.5) is 11.4 Å². The third-order valence-corrected chi connectivity index (χ3v) is 6.81. The number of carbonyl (C=O) groups is 3. The molecule has 3 aromatic rings. The topological polar surface area (TPSA) is 159 Å². The third kappa shape index (κ3) is 6.58. The molecule has 0 radical (unpaired) electrons. The summed E-state index contributed by atoms with van der Waals surface area (Å²) < 4.78 is 20.2. The van der Waals surface area contributed by atoms with E-state index in [1.54, 1.807) is 42.5 Å². The van der Waals surface area contributed by atoms with Crippen molar-refractivity contribution in [2.45, 2.75) is 26.3 Å². The van der Waals surface area contributed by atoms with E-state index in [2.05, 4.69) is 9.69 Å². The number of aromatic nitrogens is 1. The zero-order chi connectivity index (χ0) is 28.7. The molecule has 5 N–H and O–H groups in total. The number of primary amides is 1. The summed E-state index contributed by atoms with van der Waals surface area (Å²) in [6.07, 6.45) is 0.737. The van der Waals surface area contributed by atoms with E-state index in [-0.39, 0.29) is 16.3 Å². The minimum Gasteiger partial charge on any atom is -0.497 e. The van der Waals surface area contributed by atoms with Crippen molar-refractivity contribution in [1.82, 2.24) is 9.69 Å². The number of nitrogens with two attached hydrogens (primary N) is 2. The van der Waals surface area contributed by atoms with Crippen molar-refractivity contribution >= 4 is 40.6 Å². The molecule has 208 valence electrons. The van der Waals surface area contributed by atoms with Gasteiger partial charge in [0.2, 0.25) is 5.91 Å². The van der Waals surface area contributed by atoms with E-state index >= 15 is 0 Å². The lowest BCUT2D eigenvalue weighted by atomic mass is 10.0. The molecule has 1 heterocycles. The van der Waals surface area contributed by atoms with Gasteiger partial charge in [-0.3, -0.25) is 19.3 Å². The highest BCUT2D eigenvalue weighted by molar-refractivity contribution is 7.09. The minimum absolute atomic E-state index is 0.0351. The zero-order valence-electron chi connectivity index (χ0n) is 22.5. The molecule has 0 bridgehead atoms. The lowest BCUT2D eigenvalue weighted by molar-refractivity contribution is -0.122. The van der Waals surface area contributed by atoms with Crippen LogP contribution < -0.4 is 35.9 Å². The molecule has 1 aromatic heterocycles. The standard InChI is InChI=1S/C27H33N5O6S/c1-15(2)11-12-30-26(34)23(16-9-10-19(37-4)20(13-16)38-5)32(17-7-6-8-18(14-17)36-3)27(35)24-21(28)22(25(29)33)31-39-24/h6-10,13-15,23H,11-12,28H2,1-5H3,(H2,29,33)(H,30,34)/t23-/m1/s1. The fourth-order valence-corrected chi connectivity index (χ4v) is 4.65. The van der Waals surface area contributed by atoms with Crippen LogP contribution in [0.1, 0.15) is 52.0 Å². The number of ether oxygens (including phenoxy) is 3. The van der Waals surface area contributed by atoms with Crippen molar-refractivity contribution in [3.63, 3.8) is 0 Å². The number of methoxy groups -OCH3 is 3. The summed E-state index contributed by atoms with van der Waals surface area (Å²) in [5.41, 5.74) is 11.9. The average Bonchev–Trinajstić information content (AvgIpc) is 3.32. The molecule has 3 amide bonds. The molecule has 11 nitrogen and oxygen atoms in total. The number of rotatable bonds is 12. The molecule has 0 aliphatic rings. The first-order valence-electron chi connectivity index (χ1n) is 12.1. The predicted octanol–water partition coefficient (Wildman–Crippen LogP) is 3.40. The van der Waals surface area contributed by atoms with E-state index in [0.717, 1.165) is 18.0 Å². The van der Waals surface area contributed by atoms with Crippen LogP contribution in [0.5, 0.6) is 17.2 Å². The van der Waals surface area contributed by atoms with Crippen molar-refractivity contribution in [2.75, 3.05) is 38.5 Å². The summed E-state index contributed by atoms with van der Waals surface area (Å²) in [6.45, 7) is 4.49. The number of anilines is 2. The van der Waals surface area contributed by atoms with Crippen LogP contribution >= 0.6 is 11.5 Å². The quantitative estimate of drug-likeness (QED) is 0.307. The Morgan fingerprint density at radius 1 is 1.03 bits per heavy atom. The number of nitrogen functional groups attached to an aromatic ring is 1. The Labute approximate surface area is 231 Å². The van der Waals surface area contributed by atoms with Crippen LogP contribution in [-0.4, -0.2) is 50.0 Å². The Morgan fingerprint density at radius 2 is 1.74 bits per heavy atom.